The zero-order valence-corrected chi connectivity index (χ0v) is 17.6. The molecule has 0 unspecified atom stereocenters. The van der Waals surface area contributed by atoms with Crippen LogP contribution >= 0.6 is 11.3 Å². The minimum absolute atomic E-state index is 0.0788. The summed E-state index contributed by atoms with van der Waals surface area (Å²) in [5.41, 5.74) is 8.13. The Hall–Kier alpha value is -3.85. The molecule has 4 heterocycles. The third-order valence-corrected chi connectivity index (χ3v) is 6.29. The van der Waals surface area contributed by atoms with E-state index in [1.807, 2.05) is 18.2 Å². The van der Waals surface area contributed by atoms with Gasteiger partial charge in [0.15, 0.2) is 11.6 Å². The largest absolute Gasteiger partial charge is 0.453 e. The zero-order chi connectivity index (χ0) is 22.2. The Kier molecular flexibility index (Phi) is 5.02. The fourth-order valence-corrected chi connectivity index (χ4v) is 4.53. The summed E-state index contributed by atoms with van der Waals surface area (Å²) in [7, 11) is 0. The fourth-order valence-electron chi connectivity index (χ4n) is 3.49. The Morgan fingerprint density at radius 2 is 1.84 bits per heavy atom. The topological polar surface area (TPSA) is 98.4 Å². The van der Waals surface area contributed by atoms with Crippen molar-refractivity contribution in [3.8, 4) is 22.1 Å². The number of thiophene rings is 1. The van der Waals surface area contributed by atoms with Crippen LogP contribution in [-0.4, -0.2) is 26.7 Å². The average molecular weight is 448 g/mol. The first-order valence-corrected chi connectivity index (χ1v) is 10.7. The molecule has 1 fully saturated rings. The highest BCUT2D eigenvalue weighted by atomic mass is 32.1. The molecule has 0 atom stereocenters. The molecule has 3 aromatic heterocycles. The van der Waals surface area contributed by atoms with E-state index in [4.69, 9.17) is 10.5 Å². The van der Waals surface area contributed by atoms with Crippen molar-refractivity contribution in [2.45, 2.75) is 19.4 Å². The maximum Gasteiger partial charge on any atom is 0.229 e. The number of hydrogen-bond acceptors (Lipinski definition) is 7. The Balaban J connectivity index is 1.41. The molecule has 1 aliphatic heterocycles. The molecule has 0 aliphatic carbocycles. The van der Waals surface area contributed by atoms with Gasteiger partial charge >= 0.3 is 0 Å². The zero-order valence-electron chi connectivity index (χ0n) is 16.7. The van der Waals surface area contributed by atoms with Crippen LogP contribution in [0.15, 0.2) is 54.9 Å². The van der Waals surface area contributed by atoms with Gasteiger partial charge in [-0.15, -0.1) is 11.3 Å². The molecule has 5 rings (SSSR count). The van der Waals surface area contributed by atoms with Gasteiger partial charge in [0.05, 0.1) is 27.3 Å². The van der Waals surface area contributed by atoms with Gasteiger partial charge in [-0.25, -0.2) is 4.39 Å². The van der Waals surface area contributed by atoms with Crippen molar-refractivity contribution in [3.63, 3.8) is 0 Å². The summed E-state index contributed by atoms with van der Waals surface area (Å²) >= 11 is 1.43. The number of benzene rings is 1. The maximum absolute atomic E-state index is 14.2. The van der Waals surface area contributed by atoms with Crippen molar-refractivity contribution in [2.75, 3.05) is 5.73 Å². The van der Waals surface area contributed by atoms with Crippen molar-refractivity contribution in [1.29, 1.82) is 0 Å². The summed E-state index contributed by atoms with van der Waals surface area (Å²) in [4.78, 5) is 34.6. The van der Waals surface area contributed by atoms with Crippen molar-refractivity contribution in [1.82, 2.24) is 14.9 Å². The molecular formula is C23H17FN4O3S. The number of imide groups is 1. The number of anilines is 1. The van der Waals surface area contributed by atoms with E-state index in [2.05, 4.69) is 9.97 Å². The predicted octanol–water partition coefficient (Wildman–Crippen LogP) is 4.52. The van der Waals surface area contributed by atoms with Gasteiger partial charge in [-0.3, -0.25) is 24.5 Å². The number of nitrogens with zero attached hydrogens (tertiary/aromatic N) is 3. The first-order chi connectivity index (χ1) is 15.5. The van der Waals surface area contributed by atoms with Gasteiger partial charge in [0.25, 0.3) is 0 Å². The van der Waals surface area contributed by atoms with Gasteiger partial charge in [-0.2, -0.15) is 0 Å². The summed E-state index contributed by atoms with van der Waals surface area (Å²) < 4.78 is 20.7. The maximum atomic E-state index is 14.2. The van der Waals surface area contributed by atoms with Crippen molar-refractivity contribution >= 4 is 39.1 Å². The molecule has 32 heavy (non-hydrogen) atoms. The van der Waals surface area contributed by atoms with Crippen LogP contribution in [0.5, 0.6) is 11.5 Å². The number of ether oxygens (including phenoxy) is 1. The number of likely N-dealkylation sites (tertiary alicyclic amines) is 1. The van der Waals surface area contributed by atoms with Gasteiger partial charge in [0.2, 0.25) is 11.8 Å². The Bertz CT molecular complexity index is 1340. The molecular weight excluding hydrogens is 431 g/mol. The second-order valence-electron chi connectivity index (χ2n) is 7.35. The summed E-state index contributed by atoms with van der Waals surface area (Å²) in [5.74, 6) is -0.286. The molecule has 160 valence electrons. The number of carbonyl (C=O) groups excluding carboxylic acids is 2. The van der Waals surface area contributed by atoms with E-state index in [-0.39, 0.29) is 37.0 Å². The molecule has 0 radical (unpaired) electrons. The quantitative estimate of drug-likeness (QED) is 0.356. The highest BCUT2D eigenvalue weighted by Crippen LogP contribution is 2.39. The molecule has 4 aromatic rings. The van der Waals surface area contributed by atoms with E-state index in [0.29, 0.717) is 17.0 Å². The number of amides is 2. The first kappa shape index (κ1) is 20.1. The number of halogens is 1. The average Bonchev–Trinajstić information content (AvgIpc) is 3.35. The van der Waals surface area contributed by atoms with Crippen LogP contribution < -0.4 is 10.5 Å². The number of pyridine rings is 2. The second kappa shape index (κ2) is 8.01. The van der Waals surface area contributed by atoms with E-state index in [0.717, 1.165) is 20.8 Å². The number of nitrogens with two attached hydrogens (primary N) is 1. The Morgan fingerprint density at radius 1 is 1.03 bits per heavy atom. The smallest absolute Gasteiger partial charge is 0.229 e. The van der Waals surface area contributed by atoms with Crippen molar-refractivity contribution in [2.24, 2.45) is 0 Å². The van der Waals surface area contributed by atoms with Crippen LogP contribution in [-0.2, 0) is 16.1 Å². The number of nitrogen functional groups attached to an aromatic ring is 1. The van der Waals surface area contributed by atoms with Crippen LogP contribution in [0.25, 0.3) is 20.8 Å². The Morgan fingerprint density at radius 3 is 2.56 bits per heavy atom. The Labute approximate surface area is 186 Å². The van der Waals surface area contributed by atoms with Gasteiger partial charge in [-0.05, 0) is 29.8 Å². The third-order valence-electron chi connectivity index (χ3n) is 5.12. The molecule has 1 saturated heterocycles. The summed E-state index contributed by atoms with van der Waals surface area (Å²) in [6.45, 7) is 0.226. The van der Waals surface area contributed by atoms with Crippen LogP contribution in [0.3, 0.4) is 0 Å². The number of carbonyl (C=O) groups is 2. The summed E-state index contributed by atoms with van der Waals surface area (Å²) in [6.07, 6.45) is 3.80. The molecule has 1 aliphatic rings. The molecule has 9 heteroatoms. The molecule has 7 nitrogen and oxygen atoms in total. The molecule has 2 N–H and O–H groups in total. The van der Waals surface area contributed by atoms with Crippen LogP contribution in [0, 0.1) is 5.82 Å². The molecule has 1 aromatic carbocycles. The van der Waals surface area contributed by atoms with Crippen molar-refractivity contribution < 1.29 is 18.7 Å². The monoisotopic (exact) mass is 448 g/mol. The van der Waals surface area contributed by atoms with E-state index in [9.17, 15) is 14.0 Å². The van der Waals surface area contributed by atoms with Gasteiger partial charge < -0.3 is 10.5 Å². The van der Waals surface area contributed by atoms with E-state index in [1.165, 1.54) is 28.4 Å². The minimum atomic E-state index is -0.543. The summed E-state index contributed by atoms with van der Waals surface area (Å²) in [6, 6.07) is 11.5. The lowest BCUT2D eigenvalue weighted by Crippen LogP contribution is -2.28. The number of rotatable bonds is 5. The molecule has 0 bridgehead atoms. The minimum Gasteiger partial charge on any atom is -0.453 e. The number of fused-ring (bicyclic) bond motifs is 1. The van der Waals surface area contributed by atoms with E-state index < -0.39 is 5.82 Å². The molecule has 0 spiro atoms. The SMILES string of the molecule is Nc1ccc(Oc2ccnc3cc(-c4ccc(CN5C(=O)CCC5=O)cn4)sc23)c(F)c1. The van der Waals surface area contributed by atoms with Gasteiger partial charge in [0.1, 0.15) is 5.75 Å². The van der Waals surface area contributed by atoms with Gasteiger partial charge in [0, 0.05) is 43.1 Å². The lowest BCUT2D eigenvalue weighted by atomic mass is 10.2. The van der Waals surface area contributed by atoms with Crippen LogP contribution in [0.1, 0.15) is 18.4 Å². The number of aromatic nitrogens is 2. The van der Waals surface area contributed by atoms with E-state index in [1.54, 1.807) is 24.5 Å². The molecule has 2 amide bonds. The predicted molar refractivity (Wildman–Crippen MR) is 119 cm³/mol. The summed E-state index contributed by atoms with van der Waals surface area (Å²) in [5, 5.41) is 0. The number of hydrogen-bond donors (Lipinski definition) is 1. The molecule has 0 saturated carbocycles. The lowest BCUT2D eigenvalue weighted by Gasteiger charge is -2.13. The fraction of sp³-hybridized carbons (Fsp3) is 0.130. The van der Waals surface area contributed by atoms with Gasteiger partial charge in [-0.1, -0.05) is 6.07 Å². The van der Waals surface area contributed by atoms with E-state index >= 15 is 0 Å². The highest BCUT2D eigenvalue weighted by molar-refractivity contribution is 7.22. The second-order valence-corrected chi connectivity index (χ2v) is 8.40. The van der Waals surface area contributed by atoms with Crippen molar-refractivity contribution in [3.05, 3.63) is 66.2 Å². The van der Waals surface area contributed by atoms with Crippen LogP contribution in [0.4, 0.5) is 10.1 Å². The standard InChI is InChI=1S/C23H17FN4O3S/c24-15-9-14(25)2-4-18(15)31-19-7-8-26-17-10-20(32-23(17)19)16-3-1-13(11-27-16)12-28-21(29)5-6-22(28)30/h1-4,7-11H,5-6,12,25H2. The third kappa shape index (κ3) is 3.78. The van der Waals surface area contributed by atoms with Crippen LogP contribution in [0.2, 0.25) is 0 Å². The highest BCUT2D eigenvalue weighted by Gasteiger charge is 2.28. The lowest BCUT2D eigenvalue weighted by molar-refractivity contribution is -0.139. The first-order valence-electron chi connectivity index (χ1n) is 9.88. The normalized spacial score (nSPS) is 13.8.